The van der Waals surface area contributed by atoms with Crippen molar-refractivity contribution in [1.82, 2.24) is 14.4 Å². The molecular weight excluding hydrogens is 362 g/mol. The van der Waals surface area contributed by atoms with Crippen LogP contribution in [-0.2, 0) is 29.7 Å². The SMILES string of the molecule is CC(Cl)C(=O)N(CC(=O)N(Cc1ccccc1)Cc1cccn1C)C(C)C. The molecule has 1 atom stereocenters. The number of alkyl halides is 1. The van der Waals surface area contributed by atoms with Gasteiger partial charge in [0.05, 0.1) is 6.54 Å². The Morgan fingerprint density at radius 1 is 1.04 bits per heavy atom. The van der Waals surface area contributed by atoms with Gasteiger partial charge in [0.1, 0.15) is 11.9 Å². The summed E-state index contributed by atoms with van der Waals surface area (Å²) in [5, 5.41) is -0.657. The minimum Gasteiger partial charge on any atom is -0.353 e. The van der Waals surface area contributed by atoms with Gasteiger partial charge in [-0.2, -0.15) is 0 Å². The second kappa shape index (κ2) is 9.60. The van der Waals surface area contributed by atoms with Gasteiger partial charge in [-0.3, -0.25) is 9.59 Å². The van der Waals surface area contributed by atoms with Gasteiger partial charge in [-0.1, -0.05) is 30.3 Å². The summed E-state index contributed by atoms with van der Waals surface area (Å²) in [7, 11) is 1.96. The summed E-state index contributed by atoms with van der Waals surface area (Å²) in [6.07, 6.45) is 1.96. The van der Waals surface area contributed by atoms with E-state index in [1.807, 2.05) is 74.1 Å². The molecule has 27 heavy (non-hydrogen) atoms. The van der Waals surface area contributed by atoms with Gasteiger partial charge in [-0.25, -0.2) is 0 Å². The van der Waals surface area contributed by atoms with Crippen LogP contribution >= 0.6 is 11.6 Å². The van der Waals surface area contributed by atoms with E-state index < -0.39 is 5.38 Å². The number of nitrogens with zero attached hydrogens (tertiary/aromatic N) is 3. The molecule has 1 heterocycles. The highest BCUT2D eigenvalue weighted by Gasteiger charge is 2.26. The van der Waals surface area contributed by atoms with E-state index in [2.05, 4.69) is 0 Å². The van der Waals surface area contributed by atoms with Crippen LogP contribution in [0.15, 0.2) is 48.7 Å². The molecule has 1 unspecified atom stereocenters. The third-order valence-electron chi connectivity index (χ3n) is 4.53. The van der Waals surface area contributed by atoms with E-state index in [0.717, 1.165) is 11.3 Å². The highest BCUT2D eigenvalue weighted by Crippen LogP contribution is 2.13. The van der Waals surface area contributed by atoms with Gasteiger partial charge in [0.15, 0.2) is 0 Å². The van der Waals surface area contributed by atoms with Gasteiger partial charge in [-0.05, 0) is 38.5 Å². The predicted molar refractivity (Wildman–Crippen MR) is 108 cm³/mol. The summed E-state index contributed by atoms with van der Waals surface area (Å²) in [4.78, 5) is 28.8. The molecule has 5 nitrogen and oxygen atoms in total. The first-order chi connectivity index (χ1) is 12.8. The molecule has 0 saturated carbocycles. The summed E-state index contributed by atoms with van der Waals surface area (Å²) in [5.74, 6) is -0.321. The van der Waals surface area contributed by atoms with E-state index >= 15 is 0 Å². The third kappa shape index (κ3) is 5.86. The molecule has 2 amide bonds. The van der Waals surface area contributed by atoms with Gasteiger partial charge in [0.25, 0.3) is 0 Å². The van der Waals surface area contributed by atoms with Gasteiger partial charge >= 0.3 is 0 Å². The van der Waals surface area contributed by atoms with E-state index in [9.17, 15) is 9.59 Å². The zero-order chi connectivity index (χ0) is 20.0. The molecule has 6 heteroatoms. The molecule has 0 saturated heterocycles. The largest absolute Gasteiger partial charge is 0.353 e. The van der Waals surface area contributed by atoms with E-state index in [4.69, 9.17) is 11.6 Å². The van der Waals surface area contributed by atoms with Crippen molar-refractivity contribution in [1.29, 1.82) is 0 Å². The van der Waals surface area contributed by atoms with Crippen molar-refractivity contribution in [3.05, 3.63) is 59.9 Å². The molecule has 0 aliphatic heterocycles. The van der Waals surface area contributed by atoms with Crippen molar-refractivity contribution in [2.45, 2.75) is 45.3 Å². The number of aromatic nitrogens is 1. The second-order valence-corrected chi connectivity index (χ2v) is 7.68. The molecule has 0 aliphatic carbocycles. The Kier molecular flexibility index (Phi) is 7.48. The van der Waals surface area contributed by atoms with Crippen molar-refractivity contribution in [3.8, 4) is 0 Å². The first-order valence-corrected chi connectivity index (χ1v) is 9.59. The van der Waals surface area contributed by atoms with Crippen LogP contribution in [0.5, 0.6) is 0 Å². The third-order valence-corrected chi connectivity index (χ3v) is 4.71. The number of carbonyl (C=O) groups is 2. The molecule has 0 spiro atoms. The maximum Gasteiger partial charge on any atom is 0.242 e. The lowest BCUT2D eigenvalue weighted by Gasteiger charge is -2.31. The molecule has 0 N–H and O–H groups in total. The van der Waals surface area contributed by atoms with E-state index in [1.165, 1.54) is 0 Å². The molecule has 0 radical (unpaired) electrons. The van der Waals surface area contributed by atoms with Crippen LogP contribution in [0.1, 0.15) is 32.0 Å². The van der Waals surface area contributed by atoms with Crippen molar-refractivity contribution in [3.63, 3.8) is 0 Å². The van der Waals surface area contributed by atoms with Crippen molar-refractivity contribution in [2.75, 3.05) is 6.54 Å². The number of benzene rings is 1. The molecule has 1 aromatic heterocycles. The lowest BCUT2D eigenvalue weighted by molar-refractivity contribution is -0.142. The van der Waals surface area contributed by atoms with Crippen molar-refractivity contribution in [2.24, 2.45) is 7.05 Å². The van der Waals surface area contributed by atoms with Crippen molar-refractivity contribution < 1.29 is 9.59 Å². The molecule has 0 aliphatic rings. The average molecular weight is 390 g/mol. The Morgan fingerprint density at radius 2 is 1.70 bits per heavy atom. The van der Waals surface area contributed by atoms with Crippen LogP contribution in [0.25, 0.3) is 0 Å². The van der Waals surface area contributed by atoms with Crippen LogP contribution in [-0.4, -0.2) is 44.1 Å². The lowest BCUT2D eigenvalue weighted by atomic mass is 10.2. The summed E-state index contributed by atoms with van der Waals surface area (Å²) in [6, 6.07) is 13.7. The quantitative estimate of drug-likeness (QED) is 0.649. The molecule has 146 valence electrons. The first kappa shape index (κ1) is 21.0. The van der Waals surface area contributed by atoms with Gasteiger partial charge < -0.3 is 14.4 Å². The van der Waals surface area contributed by atoms with Crippen LogP contribution in [0.2, 0.25) is 0 Å². The standard InChI is InChI=1S/C21H28ClN3O2/c1-16(2)25(21(27)17(3)22)15-20(26)24(13-18-9-6-5-7-10-18)14-19-11-8-12-23(19)4/h5-12,16-17H,13-15H2,1-4H3. The van der Waals surface area contributed by atoms with E-state index in [1.54, 1.807) is 16.7 Å². The van der Waals surface area contributed by atoms with Crippen LogP contribution in [0.3, 0.4) is 0 Å². The Labute approximate surface area is 166 Å². The molecule has 2 aromatic rings. The first-order valence-electron chi connectivity index (χ1n) is 9.16. The van der Waals surface area contributed by atoms with Crippen LogP contribution < -0.4 is 0 Å². The predicted octanol–water partition coefficient (Wildman–Crippen LogP) is 3.42. The number of halogens is 1. The normalized spacial score (nSPS) is 12.1. The number of carbonyl (C=O) groups excluding carboxylic acids is 2. The average Bonchev–Trinajstić information content (AvgIpc) is 3.03. The Bertz CT molecular complexity index is 756. The monoisotopic (exact) mass is 389 g/mol. The molecular formula is C21H28ClN3O2. The van der Waals surface area contributed by atoms with Crippen molar-refractivity contribution >= 4 is 23.4 Å². The highest BCUT2D eigenvalue weighted by molar-refractivity contribution is 6.30. The fourth-order valence-corrected chi connectivity index (χ4v) is 3.01. The summed E-state index contributed by atoms with van der Waals surface area (Å²) in [5.41, 5.74) is 2.08. The van der Waals surface area contributed by atoms with Crippen LogP contribution in [0.4, 0.5) is 0 Å². The number of rotatable bonds is 8. The summed E-state index contributed by atoms with van der Waals surface area (Å²) >= 11 is 5.98. The van der Waals surface area contributed by atoms with Crippen LogP contribution in [0, 0.1) is 0 Å². The van der Waals surface area contributed by atoms with Gasteiger partial charge in [0, 0.05) is 31.5 Å². The minimum atomic E-state index is -0.657. The minimum absolute atomic E-state index is 0.0187. The molecule has 0 bridgehead atoms. The molecule has 0 fully saturated rings. The number of hydrogen-bond acceptors (Lipinski definition) is 2. The topological polar surface area (TPSA) is 45.6 Å². The maximum absolute atomic E-state index is 13.1. The van der Waals surface area contributed by atoms with E-state index in [-0.39, 0.29) is 24.4 Å². The fraction of sp³-hybridized carbons (Fsp3) is 0.429. The zero-order valence-electron chi connectivity index (χ0n) is 16.4. The number of aryl methyl sites for hydroxylation is 1. The fourth-order valence-electron chi connectivity index (χ4n) is 2.88. The molecule has 2 rings (SSSR count). The van der Waals surface area contributed by atoms with Gasteiger partial charge in [-0.15, -0.1) is 11.6 Å². The summed E-state index contributed by atoms with van der Waals surface area (Å²) < 4.78 is 2.00. The molecule has 1 aromatic carbocycles. The Balaban J connectivity index is 2.21. The Hall–Kier alpha value is -2.27. The second-order valence-electron chi connectivity index (χ2n) is 7.02. The summed E-state index contributed by atoms with van der Waals surface area (Å²) in [6.45, 7) is 6.40. The Morgan fingerprint density at radius 3 is 2.22 bits per heavy atom. The number of hydrogen-bond donors (Lipinski definition) is 0. The lowest BCUT2D eigenvalue weighted by Crippen LogP contribution is -2.47. The zero-order valence-corrected chi connectivity index (χ0v) is 17.2. The number of amides is 2. The van der Waals surface area contributed by atoms with Gasteiger partial charge in [0.2, 0.25) is 11.8 Å². The maximum atomic E-state index is 13.1. The smallest absolute Gasteiger partial charge is 0.242 e. The highest BCUT2D eigenvalue weighted by atomic mass is 35.5. The van der Waals surface area contributed by atoms with E-state index in [0.29, 0.717) is 13.1 Å².